The molecule has 0 fully saturated rings. The number of rotatable bonds is 7. The third kappa shape index (κ3) is 5.28. The van der Waals surface area contributed by atoms with Crippen LogP contribution < -0.4 is 5.32 Å². The maximum Gasteiger partial charge on any atom is 0.416 e. The summed E-state index contributed by atoms with van der Waals surface area (Å²) in [7, 11) is 1.51. The van der Waals surface area contributed by atoms with Crippen LogP contribution in [-0.4, -0.2) is 36.5 Å². The molecule has 0 aliphatic carbocycles. The number of nitrogens with one attached hydrogen (secondary N) is 1. The first-order valence-corrected chi connectivity index (χ1v) is 7.78. The zero-order chi connectivity index (χ0) is 16.9. The zero-order valence-electron chi connectivity index (χ0n) is 12.4. The van der Waals surface area contributed by atoms with Gasteiger partial charge in [0, 0.05) is 31.1 Å². The van der Waals surface area contributed by atoms with Crippen LogP contribution in [0.15, 0.2) is 29.6 Å². The lowest BCUT2D eigenvalue weighted by Gasteiger charge is -2.09. The molecular weight excluding hydrogens is 329 g/mol. The van der Waals surface area contributed by atoms with Crippen molar-refractivity contribution in [2.45, 2.75) is 18.8 Å². The Morgan fingerprint density at radius 1 is 1.30 bits per heavy atom. The van der Waals surface area contributed by atoms with E-state index < -0.39 is 17.8 Å². The summed E-state index contributed by atoms with van der Waals surface area (Å²) < 4.78 is 42.4. The molecule has 2 aromatic rings. The van der Waals surface area contributed by atoms with Gasteiger partial charge in [-0.25, -0.2) is 4.98 Å². The Balaban J connectivity index is 1.94. The van der Waals surface area contributed by atoms with Crippen molar-refractivity contribution >= 4 is 11.3 Å². The quantitative estimate of drug-likeness (QED) is 0.809. The highest BCUT2D eigenvalue weighted by atomic mass is 32.1. The minimum atomic E-state index is -4.33. The molecule has 1 aromatic heterocycles. The number of hydrogen-bond acceptors (Lipinski definition) is 5. The molecule has 1 atom stereocenters. The summed E-state index contributed by atoms with van der Waals surface area (Å²) in [5.41, 5.74) is 0.745. The first-order valence-electron chi connectivity index (χ1n) is 6.90. The van der Waals surface area contributed by atoms with Crippen LogP contribution >= 0.6 is 11.3 Å². The van der Waals surface area contributed by atoms with E-state index in [2.05, 4.69) is 10.3 Å². The predicted molar refractivity (Wildman–Crippen MR) is 82.1 cm³/mol. The van der Waals surface area contributed by atoms with E-state index in [1.54, 1.807) is 0 Å². The molecule has 8 heteroatoms. The van der Waals surface area contributed by atoms with Gasteiger partial charge in [-0.1, -0.05) is 12.1 Å². The Kier molecular flexibility index (Phi) is 6.11. The van der Waals surface area contributed by atoms with Gasteiger partial charge in [0.25, 0.3) is 0 Å². The molecule has 0 saturated heterocycles. The number of alkyl halides is 3. The number of benzene rings is 1. The largest absolute Gasteiger partial charge is 0.416 e. The standard InChI is InChI=1S/C15H17F3N2O2S/c1-22-8-13(21)7-19-6-12-9-23-14(20-12)10-2-4-11(5-3-10)15(16,17)18/h2-5,9,13,19,21H,6-8H2,1H3. The van der Waals surface area contributed by atoms with E-state index in [4.69, 9.17) is 4.74 Å². The molecule has 1 aromatic carbocycles. The highest BCUT2D eigenvalue weighted by Crippen LogP contribution is 2.31. The lowest BCUT2D eigenvalue weighted by Crippen LogP contribution is -2.29. The zero-order valence-corrected chi connectivity index (χ0v) is 13.2. The van der Waals surface area contributed by atoms with Crippen molar-refractivity contribution in [2.24, 2.45) is 0 Å². The monoisotopic (exact) mass is 346 g/mol. The minimum Gasteiger partial charge on any atom is -0.389 e. The molecule has 1 heterocycles. The number of thiazole rings is 1. The SMILES string of the molecule is COCC(O)CNCc1csc(-c2ccc(C(F)(F)F)cc2)n1. The molecule has 1 unspecified atom stereocenters. The summed E-state index contributed by atoms with van der Waals surface area (Å²) in [6, 6.07) is 4.94. The van der Waals surface area contributed by atoms with Crippen LogP contribution in [0.4, 0.5) is 13.2 Å². The van der Waals surface area contributed by atoms with E-state index in [0.29, 0.717) is 23.7 Å². The molecule has 0 saturated carbocycles. The second-order valence-electron chi connectivity index (χ2n) is 4.96. The van der Waals surface area contributed by atoms with Crippen LogP contribution in [0.5, 0.6) is 0 Å². The van der Waals surface area contributed by atoms with Crippen molar-refractivity contribution < 1.29 is 23.0 Å². The van der Waals surface area contributed by atoms with E-state index in [1.807, 2.05) is 5.38 Å². The van der Waals surface area contributed by atoms with Gasteiger partial charge in [-0.2, -0.15) is 13.2 Å². The number of ether oxygens (including phenoxy) is 1. The van der Waals surface area contributed by atoms with E-state index in [0.717, 1.165) is 17.8 Å². The molecule has 126 valence electrons. The molecule has 0 radical (unpaired) electrons. The van der Waals surface area contributed by atoms with Crippen LogP contribution in [0.2, 0.25) is 0 Å². The van der Waals surface area contributed by atoms with Gasteiger partial charge in [-0.3, -0.25) is 0 Å². The van der Waals surface area contributed by atoms with Crippen molar-refractivity contribution in [3.63, 3.8) is 0 Å². The third-order valence-electron chi connectivity index (χ3n) is 3.06. The lowest BCUT2D eigenvalue weighted by atomic mass is 10.1. The van der Waals surface area contributed by atoms with Gasteiger partial charge in [0.05, 0.1) is 24.0 Å². The van der Waals surface area contributed by atoms with Crippen LogP contribution in [-0.2, 0) is 17.5 Å². The number of aromatic nitrogens is 1. The molecule has 23 heavy (non-hydrogen) atoms. The van der Waals surface area contributed by atoms with Crippen LogP contribution in [0.1, 0.15) is 11.3 Å². The van der Waals surface area contributed by atoms with Gasteiger partial charge in [0.15, 0.2) is 0 Å². The number of aliphatic hydroxyl groups excluding tert-OH is 1. The summed E-state index contributed by atoms with van der Waals surface area (Å²) in [5, 5.41) is 15.0. The molecule has 4 nitrogen and oxygen atoms in total. The van der Waals surface area contributed by atoms with E-state index in [1.165, 1.54) is 30.6 Å². The van der Waals surface area contributed by atoms with Crippen molar-refractivity contribution in [2.75, 3.05) is 20.3 Å². The maximum absolute atomic E-state index is 12.5. The fourth-order valence-electron chi connectivity index (χ4n) is 1.94. The highest BCUT2D eigenvalue weighted by molar-refractivity contribution is 7.13. The number of nitrogens with zero attached hydrogens (tertiary/aromatic N) is 1. The van der Waals surface area contributed by atoms with Crippen molar-refractivity contribution in [1.82, 2.24) is 10.3 Å². The Bertz CT molecular complexity index is 614. The van der Waals surface area contributed by atoms with E-state index in [-0.39, 0.29) is 6.61 Å². The molecular formula is C15H17F3N2O2S. The van der Waals surface area contributed by atoms with E-state index >= 15 is 0 Å². The van der Waals surface area contributed by atoms with Gasteiger partial charge in [0.1, 0.15) is 5.01 Å². The molecule has 2 N–H and O–H groups in total. The Morgan fingerprint density at radius 3 is 2.61 bits per heavy atom. The van der Waals surface area contributed by atoms with E-state index in [9.17, 15) is 18.3 Å². The van der Waals surface area contributed by atoms with Crippen LogP contribution in [0.25, 0.3) is 10.6 Å². The summed E-state index contributed by atoms with van der Waals surface area (Å²) in [6.07, 6.45) is -4.92. The fraction of sp³-hybridized carbons (Fsp3) is 0.400. The summed E-state index contributed by atoms with van der Waals surface area (Å²) in [4.78, 5) is 4.38. The summed E-state index contributed by atoms with van der Waals surface area (Å²) >= 11 is 1.37. The second-order valence-corrected chi connectivity index (χ2v) is 5.82. The number of methoxy groups -OCH3 is 1. The normalized spacial score (nSPS) is 13.3. The first kappa shape index (κ1) is 17.9. The number of hydrogen-bond donors (Lipinski definition) is 2. The number of halogens is 3. The Labute approximate surface area is 135 Å². The first-order chi connectivity index (χ1) is 10.9. The van der Waals surface area contributed by atoms with Gasteiger partial charge in [0.2, 0.25) is 0 Å². The smallest absolute Gasteiger partial charge is 0.389 e. The minimum absolute atomic E-state index is 0.251. The van der Waals surface area contributed by atoms with Gasteiger partial charge >= 0.3 is 6.18 Å². The van der Waals surface area contributed by atoms with Crippen molar-refractivity contribution in [1.29, 1.82) is 0 Å². The number of aliphatic hydroxyl groups is 1. The molecule has 0 bridgehead atoms. The second kappa shape index (κ2) is 7.87. The molecule has 0 amide bonds. The topological polar surface area (TPSA) is 54.4 Å². The third-order valence-corrected chi connectivity index (χ3v) is 4.00. The summed E-state index contributed by atoms with van der Waals surface area (Å²) in [6.45, 7) is 1.10. The average Bonchev–Trinajstić information content (AvgIpc) is 2.96. The molecule has 0 spiro atoms. The molecule has 2 rings (SSSR count). The Morgan fingerprint density at radius 2 is 2.00 bits per heavy atom. The van der Waals surface area contributed by atoms with Crippen LogP contribution in [0, 0.1) is 0 Å². The average molecular weight is 346 g/mol. The van der Waals surface area contributed by atoms with Crippen molar-refractivity contribution in [3.05, 3.63) is 40.9 Å². The maximum atomic E-state index is 12.5. The van der Waals surface area contributed by atoms with Crippen molar-refractivity contribution in [3.8, 4) is 10.6 Å². The summed E-state index contributed by atoms with van der Waals surface area (Å²) in [5.74, 6) is 0. The van der Waals surface area contributed by atoms with Gasteiger partial charge in [-0.15, -0.1) is 11.3 Å². The molecule has 0 aliphatic rings. The van der Waals surface area contributed by atoms with Crippen LogP contribution in [0.3, 0.4) is 0 Å². The molecule has 0 aliphatic heterocycles. The predicted octanol–water partition coefficient (Wildman–Crippen LogP) is 2.93. The Hall–Kier alpha value is -1.48. The van der Waals surface area contributed by atoms with Gasteiger partial charge in [-0.05, 0) is 12.1 Å². The van der Waals surface area contributed by atoms with Gasteiger partial charge < -0.3 is 15.2 Å². The highest BCUT2D eigenvalue weighted by Gasteiger charge is 2.30. The fourth-order valence-corrected chi connectivity index (χ4v) is 2.77. The lowest BCUT2D eigenvalue weighted by molar-refractivity contribution is -0.137.